The molecule has 0 aromatic heterocycles. The van der Waals surface area contributed by atoms with E-state index in [0.717, 1.165) is 24.0 Å². The van der Waals surface area contributed by atoms with Gasteiger partial charge in [-0.15, -0.1) is 0 Å². The maximum absolute atomic E-state index is 11.5. The smallest absolute Gasteiger partial charge is 0.344 e. The molecule has 1 fully saturated rings. The van der Waals surface area contributed by atoms with Crippen LogP contribution in [0.5, 0.6) is 5.75 Å². The molecular formula is C15H19NO4. The van der Waals surface area contributed by atoms with Crippen LogP contribution in [0.25, 0.3) is 0 Å². The molecule has 2 rings (SSSR count). The molecule has 1 aromatic rings. The van der Waals surface area contributed by atoms with Crippen LogP contribution in [-0.2, 0) is 14.3 Å². The van der Waals surface area contributed by atoms with Crippen molar-refractivity contribution in [3.8, 4) is 5.75 Å². The Morgan fingerprint density at radius 1 is 1.25 bits per heavy atom. The zero-order valence-electron chi connectivity index (χ0n) is 11.8. The minimum Gasteiger partial charge on any atom is -0.482 e. The van der Waals surface area contributed by atoms with Crippen molar-refractivity contribution >= 4 is 11.9 Å². The second-order valence-electron chi connectivity index (χ2n) is 5.06. The van der Waals surface area contributed by atoms with Crippen LogP contribution in [0.4, 0.5) is 0 Å². The Balaban J connectivity index is 1.71. The quantitative estimate of drug-likeness (QED) is 0.800. The fraction of sp³-hybridized carbons (Fsp3) is 0.467. The Morgan fingerprint density at radius 3 is 2.70 bits per heavy atom. The topological polar surface area (TPSA) is 64.6 Å². The van der Waals surface area contributed by atoms with Gasteiger partial charge in [-0.1, -0.05) is 12.1 Å². The number of hydrogen-bond donors (Lipinski definition) is 1. The number of ether oxygens (including phenoxy) is 2. The fourth-order valence-corrected chi connectivity index (χ4v) is 1.68. The largest absolute Gasteiger partial charge is 0.482 e. The number of aryl methyl sites for hydroxylation is 2. The van der Waals surface area contributed by atoms with Crippen LogP contribution >= 0.6 is 0 Å². The minimum atomic E-state index is -0.545. The van der Waals surface area contributed by atoms with Crippen molar-refractivity contribution in [1.29, 1.82) is 0 Å². The van der Waals surface area contributed by atoms with E-state index in [2.05, 4.69) is 5.32 Å². The van der Waals surface area contributed by atoms with Gasteiger partial charge in [0.2, 0.25) is 0 Å². The number of hydrogen-bond acceptors (Lipinski definition) is 4. The van der Waals surface area contributed by atoms with E-state index in [1.165, 1.54) is 0 Å². The maximum Gasteiger partial charge on any atom is 0.344 e. The number of amides is 1. The molecular weight excluding hydrogens is 258 g/mol. The summed E-state index contributed by atoms with van der Waals surface area (Å²) in [4.78, 5) is 22.8. The van der Waals surface area contributed by atoms with Gasteiger partial charge < -0.3 is 14.8 Å². The molecule has 5 heteroatoms. The first-order valence-corrected chi connectivity index (χ1v) is 6.69. The van der Waals surface area contributed by atoms with Gasteiger partial charge in [-0.05, 0) is 43.9 Å². The second-order valence-corrected chi connectivity index (χ2v) is 5.06. The van der Waals surface area contributed by atoms with Gasteiger partial charge in [0.05, 0.1) is 0 Å². The summed E-state index contributed by atoms with van der Waals surface area (Å²) in [5, 5.41) is 2.74. The van der Waals surface area contributed by atoms with Crippen molar-refractivity contribution in [2.75, 3.05) is 13.2 Å². The SMILES string of the molecule is Cc1ccc(C)c(OCC(=O)OCC(=O)NC2CC2)c1. The lowest BCUT2D eigenvalue weighted by molar-refractivity contribution is -0.150. The van der Waals surface area contributed by atoms with Gasteiger partial charge >= 0.3 is 5.97 Å². The number of carbonyl (C=O) groups excluding carboxylic acids is 2. The molecule has 0 saturated heterocycles. The van der Waals surface area contributed by atoms with E-state index >= 15 is 0 Å². The summed E-state index contributed by atoms with van der Waals surface area (Å²) in [6, 6.07) is 6.04. The van der Waals surface area contributed by atoms with E-state index in [1.807, 2.05) is 32.0 Å². The third-order valence-electron chi connectivity index (χ3n) is 3.00. The first-order valence-electron chi connectivity index (χ1n) is 6.69. The second kappa shape index (κ2) is 6.41. The number of nitrogens with one attached hydrogen (secondary N) is 1. The number of carbonyl (C=O) groups is 2. The van der Waals surface area contributed by atoms with Gasteiger partial charge in [0.25, 0.3) is 5.91 Å². The zero-order valence-corrected chi connectivity index (χ0v) is 11.8. The predicted octanol–water partition coefficient (Wildman–Crippen LogP) is 1.50. The Labute approximate surface area is 118 Å². The van der Waals surface area contributed by atoms with Crippen LogP contribution in [0.2, 0.25) is 0 Å². The summed E-state index contributed by atoms with van der Waals surface area (Å²) in [6.45, 7) is 3.42. The van der Waals surface area contributed by atoms with E-state index in [4.69, 9.17) is 9.47 Å². The maximum atomic E-state index is 11.5. The molecule has 0 atom stereocenters. The third kappa shape index (κ3) is 4.57. The number of esters is 1. The van der Waals surface area contributed by atoms with Gasteiger partial charge in [-0.2, -0.15) is 0 Å². The summed E-state index contributed by atoms with van der Waals surface area (Å²) in [7, 11) is 0. The summed E-state index contributed by atoms with van der Waals surface area (Å²) >= 11 is 0. The molecule has 20 heavy (non-hydrogen) atoms. The average Bonchev–Trinajstić information content (AvgIpc) is 3.21. The highest BCUT2D eigenvalue weighted by Crippen LogP contribution is 2.19. The normalized spacial score (nSPS) is 13.7. The Kier molecular flexibility index (Phi) is 4.61. The molecule has 0 bridgehead atoms. The van der Waals surface area contributed by atoms with E-state index in [-0.39, 0.29) is 25.2 Å². The van der Waals surface area contributed by atoms with Gasteiger partial charge in [0, 0.05) is 6.04 Å². The first kappa shape index (κ1) is 14.4. The lowest BCUT2D eigenvalue weighted by Gasteiger charge is -2.10. The molecule has 1 N–H and O–H groups in total. The molecule has 1 saturated carbocycles. The van der Waals surface area contributed by atoms with E-state index in [0.29, 0.717) is 5.75 Å². The fourth-order valence-electron chi connectivity index (χ4n) is 1.68. The molecule has 1 aliphatic rings. The minimum absolute atomic E-state index is 0.193. The van der Waals surface area contributed by atoms with Crippen molar-refractivity contribution in [2.45, 2.75) is 32.7 Å². The Bertz CT molecular complexity index is 509. The number of rotatable bonds is 6. The first-order chi connectivity index (χ1) is 9.54. The molecule has 0 heterocycles. The number of benzene rings is 1. The van der Waals surface area contributed by atoms with E-state index in [1.54, 1.807) is 0 Å². The van der Waals surface area contributed by atoms with Crippen LogP contribution in [0, 0.1) is 13.8 Å². The van der Waals surface area contributed by atoms with Gasteiger partial charge in [0.1, 0.15) is 5.75 Å². The molecule has 0 aliphatic heterocycles. The van der Waals surface area contributed by atoms with Crippen LogP contribution < -0.4 is 10.1 Å². The lowest BCUT2D eigenvalue weighted by Crippen LogP contribution is -2.31. The standard InChI is InChI=1S/C15H19NO4/c1-10-3-4-11(2)13(7-10)19-9-15(18)20-8-14(17)16-12-5-6-12/h3-4,7,12H,5-6,8-9H2,1-2H3,(H,16,17). The molecule has 1 aliphatic carbocycles. The molecule has 1 amide bonds. The predicted molar refractivity (Wildman–Crippen MR) is 73.5 cm³/mol. The summed E-state index contributed by atoms with van der Waals surface area (Å²) in [5.41, 5.74) is 2.01. The van der Waals surface area contributed by atoms with Crippen molar-refractivity contribution in [1.82, 2.24) is 5.32 Å². The summed E-state index contributed by atoms with van der Waals surface area (Å²) in [5.74, 6) is -0.145. The van der Waals surface area contributed by atoms with Crippen LogP contribution in [0.3, 0.4) is 0 Å². The van der Waals surface area contributed by atoms with Crippen LogP contribution in [0.15, 0.2) is 18.2 Å². The van der Waals surface area contributed by atoms with Crippen molar-refractivity contribution in [2.24, 2.45) is 0 Å². The summed E-state index contributed by atoms with van der Waals surface area (Å²) in [6.07, 6.45) is 2.02. The van der Waals surface area contributed by atoms with Gasteiger partial charge in [0.15, 0.2) is 13.2 Å². The van der Waals surface area contributed by atoms with Crippen molar-refractivity contribution in [3.05, 3.63) is 29.3 Å². The molecule has 1 aromatic carbocycles. The molecule has 0 spiro atoms. The van der Waals surface area contributed by atoms with Gasteiger partial charge in [-0.25, -0.2) is 4.79 Å². The lowest BCUT2D eigenvalue weighted by atomic mass is 10.1. The molecule has 0 radical (unpaired) electrons. The third-order valence-corrected chi connectivity index (χ3v) is 3.00. The van der Waals surface area contributed by atoms with Gasteiger partial charge in [-0.3, -0.25) is 4.79 Å². The zero-order chi connectivity index (χ0) is 14.5. The Hall–Kier alpha value is -2.04. The van der Waals surface area contributed by atoms with Crippen LogP contribution in [-0.4, -0.2) is 31.1 Å². The highest BCUT2D eigenvalue weighted by Gasteiger charge is 2.23. The highest BCUT2D eigenvalue weighted by atomic mass is 16.6. The van der Waals surface area contributed by atoms with E-state index in [9.17, 15) is 9.59 Å². The highest BCUT2D eigenvalue weighted by molar-refractivity contribution is 5.81. The summed E-state index contributed by atoms with van der Waals surface area (Å²) < 4.78 is 10.2. The molecule has 5 nitrogen and oxygen atoms in total. The van der Waals surface area contributed by atoms with E-state index < -0.39 is 5.97 Å². The van der Waals surface area contributed by atoms with Crippen LogP contribution in [0.1, 0.15) is 24.0 Å². The molecule has 0 unspecified atom stereocenters. The molecule has 108 valence electrons. The van der Waals surface area contributed by atoms with Crippen molar-refractivity contribution in [3.63, 3.8) is 0 Å². The average molecular weight is 277 g/mol. The van der Waals surface area contributed by atoms with Crippen molar-refractivity contribution < 1.29 is 19.1 Å². The monoisotopic (exact) mass is 277 g/mol. The Morgan fingerprint density at radius 2 is 2.00 bits per heavy atom.